The van der Waals surface area contributed by atoms with Crippen molar-refractivity contribution < 1.29 is 19.2 Å². The highest BCUT2D eigenvalue weighted by Gasteiger charge is 2.10. The summed E-state index contributed by atoms with van der Waals surface area (Å²) < 4.78 is 11.0. The van der Waals surface area contributed by atoms with E-state index in [-0.39, 0.29) is 18.3 Å². The van der Waals surface area contributed by atoms with Crippen LogP contribution in [0.4, 0.5) is 5.69 Å². The number of carbonyl (C=O) groups is 1. The number of ether oxygens (including phenoxy) is 2. The first kappa shape index (κ1) is 18.1. The second kappa shape index (κ2) is 8.14. The number of nitro groups is 1. The Morgan fingerprint density at radius 1 is 0.926 bits per heavy atom. The van der Waals surface area contributed by atoms with E-state index in [1.807, 2.05) is 19.1 Å². The zero-order valence-corrected chi connectivity index (χ0v) is 14.6. The van der Waals surface area contributed by atoms with Crippen LogP contribution in [0.25, 0.3) is 0 Å². The maximum Gasteiger partial charge on any atom is 0.338 e. The van der Waals surface area contributed by atoms with E-state index in [0.29, 0.717) is 17.1 Å². The molecule has 27 heavy (non-hydrogen) atoms. The van der Waals surface area contributed by atoms with Gasteiger partial charge < -0.3 is 9.47 Å². The van der Waals surface area contributed by atoms with Gasteiger partial charge in [-0.05, 0) is 48.4 Å². The average molecular weight is 363 g/mol. The van der Waals surface area contributed by atoms with Crippen LogP contribution in [-0.2, 0) is 11.3 Å². The summed E-state index contributed by atoms with van der Waals surface area (Å²) in [6.45, 7) is 2.02. The predicted molar refractivity (Wildman–Crippen MR) is 99.9 cm³/mol. The van der Waals surface area contributed by atoms with Crippen LogP contribution in [-0.4, -0.2) is 10.9 Å². The molecule has 0 aromatic heterocycles. The molecule has 0 unspecified atom stereocenters. The number of nitrogens with zero attached hydrogens (tertiary/aromatic N) is 1. The second-order valence-electron chi connectivity index (χ2n) is 5.89. The van der Waals surface area contributed by atoms with Gasteiger partial charge in [0, 0.05) is 12.1 Å². The molecule has 136 valence electrons. The van der Waals surface area contributed by atoms with Gasteiger partial charge in [0.1, 0.15) is 18.1 Å². The van der Waals surface area contributed by atoms with Gasteiger partial charge in [0.05, 0.1) is 10.5 Å². The van der Waals surface area contributed by atoms with Crippen LogP contribution < -0.4 is 4.74 Å². The number of hydrogen-bond acceptors (Lipinski definition) is 5. The van der Waals surface area contributed by atoms with Crippen LogP contribution in [0.1, 0.15) is 21.5 Å². The van der Waals surface area contributed by atoms with Gasteiger partial charge in [0.15, 0.2) is 0 Å². The molecule has 0 aliphatic heterocycles. The molecule has 0 radical (unpaired) electrons. The molecule has 0 spiro atoms. The van der Waals surface area contributed by atoms with Crippen molar-refractivity contribution in [2.45, 2.75) is 13.5 Å². The van der Waals surface area contributed by atoms with E-state index in [1.54, 1.807) is 36.4 Å². The first-order valence-corrected chi connectivity index (χ1v) is 8.27. The van der Waals surface area contributed by atoms with Crippen LogP contribution >= 0.6 is 0 Å². The lowest BCUT2D eigenvalue weighted by atomic mass is 10.1. The average Bonchev–Trinajstić information content (AvgIpc) is 2.68. The fourth-order valence-corrected chi connectivity index (χ4v) is 2.45. The van der Waals surface area contributed by atoms with Crippen LogP contribution in [0.15, 0.2) is 72.8 Å². The number of carbonyl (C=O) groups excluding carboxylic acids is 1. The molecule has 0 N–H and O–H groups in total. The van der Waals surface area contributed by atoms with Gasteiger partial charge in [-0.15, -0.1) is 0 Å². The third-order valence-electron chi connectivity index (χ3n) is 3.94. The number of hydrogen-bond donors (Lipinski definition) is 0. The monoisotopic (exact) mass is 363 g/mol. The van der Waals surface area contributed by atoms with E-state index in [2.05, 4.69) is 0 Å². The van der Waals surface area contributed by atoms with Gasteiger partial charge in [-0.3, -0.25) is 10.1 Å². The van der Waals surface area contributed by atoms with Crippen LogP contribution in [0.3, 0.4) is 0 Å². The molecule has 0 fully saturated rings. The molecule has 3 aromatic rings. The molecule has 0 heterocycles. The van der Waals surface area contributed by atoms with E-state index in [4.69, 9.17) is 9.47 Å². The summed E-state index contributed by atoms with van der Waals surface area (Å²) in [7, 11) is 0. The van der Waals surface area contributed by atoms with Crippen molar-refractivity contribution >= 4 is 11.7 Å². The van der Waals surface area contributed by atoms with Crippen LogP contribution in [0, 0.1) is 17.0 Å². The first-order valence-electron chi connectivity index (χ1n) is 8.27. The molecule has 0 aliphatic rings. The zero-order valence-electron chi connectivity index (χ0n) is 14.6. The maximum atomic E-state index is 12.1. The van der Waals surface area contributed by atoms with E-state index in [1.165, 1.54) is 24.3 Å². The minimum Gasteiger partial charge on any atom is -0.457 e. The molecule has 0 aliphatic carbocycles. The normalized spacial score (nSPS) is 10.3. The fourth-order valence-electron chi connectivity index (χ4n) is 2.45. The molecular weight excluding hydrogens is 346 g/mol. The van der Waals surface area contributed by atoms with Crippen molar-refractivity contribution in [3.8, 4) is 11.5 Å². The number of aryl methyl sites for hydroxylation is 1. The van der Waals surface area contributed by atoms with Gasteiger partial charge in [0.25, 0.3) is 5.69 Å². The highest BCUT2D eigenvalue weighted by atomic mass is 16.6. The molecule has 0 atom stereocenters. The Morgan fingerprint density at radius 3 is 2.11 bits per heavy atom. The van der Waals surface area contributed by atoms with Crippen molar-refractivity contribution in [2.24, 2.45) is 0 Å². The zero-order chi connectivity index (χ0) is 19.2. The van der Waals surface area contributed by atoms with Crippen LogP contribution in [0.5, 0.6) is 11.5 Å². The van der Waals surface area contributed by atoms with Gasteiger partial charge in [0.2, 0.25) is 0 Å². The van der Waals surface area contributed by atoms with Crippen molar-refractivity contribution in [1.82, 2.24) is 0 Å². The first-order chi connectivity index (χ1) is 13.0. The lowest BCUT2D eigenvalue weighted by Crippen LogP contribution is -2.06. The smallest absolute Gasteiger partial charge is 0.338 e. The Balaban J connectivity index is 1.58. The summed E-state index contributed by atoms with van der Waals surface area (Å²) in [6, 6.07) is 20.2. The highest BCUT2D eigenvalue weighted by Crippen LogP contribution is 2.24. The van der Waals surface area contributed by atoms with Crippen molar-refractivity contribution in [3.63, 3.8) is 0 Å². The molecule has 6 nitrogen and oxygen atoms in total. The number of rotatable bonds is 6. The molecule has 0 bridgehead atoms. The SMILES string of the molecule is Cc1ccccc1C(=O)OCc1ccc(Oc2ccc([N+](=O)[O-])cc2)cc1. The van der Waals surface area contributed by atoms with Crippen LogP contribution in [0.2, 0.25) is 0 Å². The molecule has 6 heteroatoms. The molecule has 0 saturated carbocycles. The summed E-state index contributed by atoms with van der Waals surface area (Å²) in [6.07, 6.45) is 0. The van der Waals surface area contributed by atoms with E-state index >= 15 is 0 Å². The summed E-state index contributed by atoms with van der Waals surface area (Å²) in [5.74, 6) is 0.719. The van der Waals surface area contributed by atoms with Crippen molar-refractivity contribution in [3.05, 3.63) is 99.6 Å². The highest BCUT2D eigenvalue weighted by molar-refractivity contribution is 5.90. The molecular formula is C21H17NO5. The van der Waals surface area contributed by atoms with E-state index < -0.39 is 4.92 Å². The fraction of sp³-hybridized carbons (Fsp3) is 0.0952. The summed E-state index contributed by atoms with van der Waals surface area (Å²) in [5, 5.41) is 10.7. The maximum absolute atomic E-state index is 12.1. The van der Waals surface area contributed by atoms with Crippen molar-refractivity contribution in [1.29, 1.82) is 0 Å². The summed E-state index contributed by atoms with van der Waals surface area (Å²) >= 11 is 0. The standard InChI is InChI=1S/C21H17NO5/c1-15-4-2-3-5-20(15)21(23)26-14-16-6-10-18(11-7-16)27-19-12-8-17(9-13-19)22(24)25/h2-13H,14H2,1H3. The Kier molecular flexibility index (Phi) is 5.47. The molecule has 3 aromatic carbocycles. The van der Waals surface area contributed by atoms with Crippen molar-refractivity contribution in [2.75, 3.05) is 0 Å². The minimum absolute atomic E-state index is 0.00756. The van der Waals surface area contributed by atoms with Gasteiger partial charge in [-0.1, -0.05) is 30.3 Å². The quantitative estimate of drug-likeness (QED) is 0.348. The second-order valence-corrected chi connectivity index (χ2v) is 5.89. The Morgan fingerprint density at radius 2 is 1.52 bits per heavy atom. The lowest BCUT2D eigenvalue weighted by Gasteiger charge is -2.09. The topological polar surface area (TPSA) is 78.7 Å². The summed E-state index contributed by atoms with van der Waals surface area (Å²) in [5.41, 5.74) is 2.26. The number of nitro benzene ring substituents is 1. The molecule has 0 saturated heterocycles. The van der Waals surface area contributed by atoms with E-state index in [9.17, 15) is 14.9 Å². The number of non-ortho nitro benzene ring substituents is 1. The van der Waals surface area contributed by atoms with E-state index in [0.717, 1.165) is 11.1 Å². The predicted octanol–water partition coefficient (Wildman–Crippen LogP) is 5.05. The van der Waals surface area contributed by atoms with Gasteiger partial charge in [-0.25, -0.2) is 4.79 Å². The summed E-state index contributed by atoms with van der Waals surface area (Å²) in [4.78, 5) is 22.3. The lowest BCUT2D eigenvalue weighted by molar-refractivity contribution is -0.384. The van der Waals surface area contributed by atoms with Gasteiger partial charge >= 0.3 is 5.97 Å². The largest absolute Gasteiger partial charge is 0.457 e. The molecule has 3 rings (SSSR count). The van der Waals surface area contributed by atoms with Gasteiger partial charge in [-0.2, -0.15) is 0 Å². The number of benzene rings is 3. The number of esters is 1. The Labute approximate surface area is 156 Å². The Bertz CT molecular complexity index is 949. The third kappa shape index (κ3) is 4.70. The molecule has 0 amide bonds. The minimum atomic E-state index is -0.462. The Hall–Kier alpha value is -3.67. The third-order valence-corrected chi connectivity index (χ3v) is 3.94.